The minimum absolute atomic E-state index is 0.0503. The number of nitrogens with one attached hydrogen (secondary N) is 1. The maximum atomic E-state index is 4.02. The first-order valence-electron chi connectivity index (χ1n) is 3.48. The third kappa shape index (κ3) is 0.618. The van der Waals surface area contributed by atoms with Gasteiger partial charge in [0.2, 0.25) is 0 Å². The van der Waals surface area contributed by atoms with Crippen LogP contribution in [-0.2, 0) is 0 Å². The molecule has 52 valence electrons. The first-order chi connectivity index (χ1) is 4.81. The Balaban J connectivity index is 2.35. The van der Waals surface area contributed by atoms with Crippen molar-refractivity contribution in [2.45, 2.75) is 12.5 Å². The highest BCUT2D eigenvalue weighted by Gasteiger charge is 2.33. The van der Waals surface area contributed by atoms with E-state index in [1.165, 1.54) is 0 Å². The molecule has 2 nitrogen and oxygen atoms in total. The summed E-state index contributed by atoms with van der Waals surface area (Å²) >= 11 is 0. The third-order valence-corrected chi connectivity index (χ3v) is 2.11. The quantitative estimate of drug-likeness (QED) is 0.526. The first-order valence-corrected chi connectivity index (χ1v) is 3.48. The van der Waals surface area contributed by atoms with E-state index in [-0.39, 0.29) is 5.54 Å². The van der Waals surface area contributed by atoms with Crippen LogP contribution in [0.25, 0.3) is 0 Å². The van der Waals surface area contributed by atoms with E-state index in [9.17, 15) is 0 Å². The number of rotatable bonds is 0. The predicted molar refractivity (Wildman–Crippen MR) is 41.8 cm³/mol. The normalized spacial score (nSPS) is 41.5. The van der Waals surface area contributed by atoms with Crippen LogP contribution in [0.1, 0.15) is 6.92 Å². The summed E-state index contributed by atoms with van der Waals surface area (Å²) in [5, 5.41) is 4.02. The van der Waals surface area contributed by atoms with E-state index in [4.69, 9.17) is 0 Å². The Morgan fingerprint density at radius 2 is 2.40 bits per heavy atom. The molecule has 1 heterocycles. The summed E-state index contributed by atoms with van der Waals surface area (Å²) in [6.07, 6.45) is 10.4. The van der Waals surface area contributed by atoms with Gasteiger partial charge in [-0.05, 0) is 6.92 Å². The lowest BCUT2D eigenvalue weighted by molar-refractivity contribution is 0.442. The van der Waals surface area contributed by atoms with Crippen LogP contribution in [0.15, 0.2) is 29.4 Å². The Hall–Kier alpha value is -1.05. The molecule has 1 N–H and O–H groups in total. The summed E-state index contributed by atoms with van der Waals surface area (Å²) < 4.78 is 0. The summed E-state index contributed by atoms with van der Waals surface area (Å²) in [5.41, 5.74) is 3.12. The van der Waals surface area contributed by atoms with Crippen molar-refractivity contribution in [2.24, 2.45) is 11.0 Å². The fourth-order valence-electron chi connectivity index (χ4n) is 1.32. The molecule has 0 aromatic heterocycles. The zero-order valence-electron chi connectivity index (χ0n) is 5.91. The van der Waals surface area contributed by atoms with Gasteiger partial charge in [0.05, 0.1) is 5.54 Å². The number of hydrazone groups is 1. The minimum atomic E-state index is 0.0503. The van der Waals surface area contributed by atoms with Crippen molar-refractivity contribution in [3.8, 4) is 0 Å². The fraction of sp³-hybridized carbons (Fsp3) is 0.375. The SMILES string of the molecule is CC12C=CC=CC1C=NN2. The van der Waals surface area contributed by atoms with E-state index >= 15 is 0 Å². The highest BCUT2D eigenvalue weighted by molar-refractivity contribution is 5.69. The monoisotopic (exact) mass is 134 g/mol. The van der Waals surface area contributed by atoms with Gasteiger partial charge in [-0.2, -0.15) is 5.10 Å². The number of hydrogen-bond acceptors (Lipinski definition) is 2. The van der Waals surface area contributed by atoms with Gasteiger partial charge in [-0.25, -0.2) is 0 Å². The minimum Gasteiger partial charge on any atom is -0.300 e. The Bertz CT molecular complexity index is 227. The second kappa shape index (κ2) is 1.72. The number of fused-ring (bicyclic) bond motifs is 1. The van der Waals surface area contributed by atoms with Gasteiger partial charge in [-0.15, -0.1) is 0 Å². The lowest BCUT2D eigenvalue weighted by Crippen LogP contribution is -2.39. The average Bonchev–Trinajstić information content (AvgIpc) is 2.29. The summed E-state index contributed by atoms with van der Waals surface area (Å²) in [6, 6.07) is 0. The van der Waals surface area contributed by atoms with Gasteiger partial charge < -0.3 is 0 Å². The molecule has 0 saturated heterocycles. The number of hydrogen-bond donors (Lipinski definition) is 1. The Kier molecular flexibility index (Phi) is 0.982. The van der Waals surface area contributed by atoms with Crippen molar-refractivity contribution in [3.63, 3.8) is 0 Å². The molecule has 2 unspecified atom stereocenters. The van der Waals surface area contributed by atoms with Crippen LogP contribution < -0.4 is 5.43 Å². The molecule has 0 aromatic carbocycles. The van der Waals surface area contributed by atoms with E-state index < -0.39 is 0 Å². The molecule has 0 bridgehead atoms. The summed E-state index contributed by atoms with van der Waals surface area (Å²) in [6.45, 7) is 2.14. The maximum absolute atomic E-state index is 4.02. The summed E-state index contributed by atoms with van der Waals surface area (Å²) in [4.78, 5) is 0. The van der Waals surface area contributed by atoms with Crippen molar-refractivity contribution >= 4 is 6.21 Å². The van der Waals surface area contributed by atoms with Gasteiger partial charge >= 0.3 is 0 Å². The molecular weight excluding hydrogens is 124 g/mol. The van der Waals surface area contributed by atoms with E-state index in [2.05, 4.69) is 41.8 Å². The predicted octanol–water partition coefficient (Wildman–Crippen LogP) is 1.08. The van der Waals surface area contributed by atoms with Crippen LogP contribution in [0.4, 0.5) is 0 Å². The Morgan fingerprint density at radius 1 is 1.50 bits per heavy atom. The van der Waals surface area contributed by atoms with Crippen LogP contribution in [0, 0.1) is 5.92 Å². The van der Waals surface area contributed by atoms with Gasteiger partial charge in [-0.1, -0.05) is 24.3 Å². The van der Waals surface area contributed by atoms with E-state index in [1.807, 2.05) is 6.21 Å². The number of allylic oxidation sites excluding steroid dienone is 2. The molecule has 2 heteroatoms. The van der Waals surface area contributed by atoms with Crippen LogP contribution in [-0.4, -0.2) is 11.8 Å². The van der Waals surface area contributed by atoms with E-state index in [0.717, 1.165) is 0 Å². The topological polar surface area (TPSA) is 24.4 Å². The van der Waals surface area contributed by atoms with Crippen molar-refractivity contribution < 1.29 is 0 Å². The molecule has 0 radical (unpaired) electrons. The largest absolute Gasteiger partial charge is 0.300 e. The zero-order valence-corrected chi connectivity index (χ0v) is 5.91. The molecule has 0 aromatic rings. The molecule has 1 aliphatic carbocycles. The molecule has 0 amide bonds. The van der Waals surface area contributed by atoms with Gasteiger partial charge in [0.15, 0.2) is 0 Å². The molecule has 0 saturated carbocycles. The Morgan fingerprint density at radius 3 is 3.20 bits per heavy atom. The average molecular weight is 134 g/mol. The van der Waals surface area contributed by atoms with Crippen molar-refractivity contribution in [1.29, 1.82) is 0 Å². The maximum Gasteiger partial charge on any atom is 0.0815 e. The second-order valence-electron chi connectivity index (χ2n) is 2.94. The van der Waals surface area contributed by atoms with Crippen LogP contribution in [0.2, 0.25) is 0 Å². The van der Waals surface area contributed by atoms with Crippen LogP contribution >= 0.6 is 0 Å². The van der Waals surface area contributed by atoms with Gasteiger partial charge in [0, 0.05) is 12.1 Å². The molecular formula is C8H10N2. The molecule has 1 aliphatic heterocycles. The van der Waals surface area contributed by atoms with Gasteiger partial charge in [0.1, 0.15) is 0 Å². The second-order valence-corrected chi connectivity index (χ2v) is 2.94. The number of nitrogens with zero attached hydrogens (tertiary/aromatic N) is 1. The molecule has 2 atom stereocenters. The molecule has 2 aliphatic rings. The third-order valence-electron chi connectivity index (χ3n) is 2.11. The van der Waals surface area contributed by atoms with E-state index in [0.29, 0.717) is 5.92 Å². The smallest absolute Gasteiger partial charge is 0.0815 e. The first kappa shape index (κ1) is 5.71. The van der Waals surface area contributed by atoms with Crippen LogP contribution in [0.5, 0.6) is 0 Å². The molecule has 10 heavy (non-hydrogen) atoms. The standard InChI is InChI=1S/C8H10N2/c1-8-5-3-2-4-7(8)6-9-10-8/h2-7,10H,1H3. The van der Waals surface area contributed by atoms with Crippen molar-refractivity contribution in [2.75, 3.05) is 0 Å². The van der Waals surface area contributed by atoms with Gasteiger partial charge in [0.25, 0.3) is 0 Å². The van der Waals surface area contributed by atoms with Crippen molar-refractivity contribution in [3.05, 3.63) is 24.3 Å². The zero-order chi connectivity index (χ0) is 7.03. The van der Waals surface area contributed by atoms with Crippen LogP contribution in [0.3, 0.4) is 0 Å². The fourth-order valence-corrected chi connectivity index (χ4v) is 1.32. The highest BCUT2D eigenvalue weighted by Crippen LogP contribution is 2.25. The van der Waals surface area contributed by atoms with Crippen molar-refractivity contribution in [1.82, 2.24) is 5.43 Å². The van der Waals surface area contributed by atoms with E-state index in [1.54, 1.807) is 0 Å². The summed E-state index contributed by atoms with van der Waals surface area (Å²) in [7, 11) is 0. The highest BCUT2D eigenvalue weighted by atomic mass is 15.3. The lowest BCUT2D eigenvalue weighted by Gasteiger charge is -2.26. The molecule has 2 rings (SSSR count). The lowest BCUT2D eigenvalue weighted by atomic mass is 9.85. The summed E-state index contributed by atoms with van der Waals surface area (Å²) in [5.74, 6) is 0.442. The molecule has 0 spiro atoms. The molecule has 0 fully saturated rings. The Labute approximate surface area is 60.3 Å². The van der Waals surface area contributed by atoms with Gasteiger partial charge in [-0.3, -0.25) is 5.43 Å².